The Labute approximate surface area is 146 Å². The number of nitrogens with zero attached hydrogens (tertiary/aromatic N) is 1. The van der Waals surface area contributed by atoms with Crippen LogP contribution in [-0.4, -0.2) is 58.0 Å². The smallest absolute Gasteiger partial charge is 0.246 e. The van der Waals surface area contributed by atoms with E-state index in [0.717, 1.165) is 19.2 Å². The van der Waals surface area contributed by atoms with Gasteiger partial charge in [-0.2, -0.15) is 4.31 Å². The van der Waals surface area contributed by atoms with E-state index in [1.807, 2.05) is 6.92 Å². The van der Waals surface area contributed by atoms with Crippen molar-refractivity contribution >= 4 is 21.6 Å². The maximum Gasteiger partial charge on any atom is 0.246 e. The van der Waals surface area contributed by atoms with E-state index in [9.17, 15) is 17.6 Å². The minimum atomic E-state index is -3.96. The third-order valence-electron chi connectivity index (χ3n) is 4.72. The van der Waals surface area contributed by atoms with Crippen molar-refractivity contribution in [3.8, 4) is 0 Å². The number of hydrogen-bond acceptors (Lipinski definition) is 5. The Morgan fingerprint density at radius 3 is 2.64 bits per heavy atom. The monoisotopic (exact) mass is 371 g/mol. The van der Waals surface area contributed by atoms with E-state index in [1.54, 1.807) is 0 Å². The van der Waals surface area contributed by atoms with Crippen molar-refractivity contribution < 1.29 is 22.3 Å². The van der Waals surface area contributed by atoms with E-state index in [1.165, 1.54) is 16.4 Å². The molecule has 138 valence electrons. The van der Waals surface area contributed by atoms with Crippen LogP contribution in [0.4, 0.5) is 10.1 Å². The molecule has 0 radical (unpaired) electrons. The first-order valence-corrected chi connectivity index (χ1v) is 9.72. The molecule has 9 heteroatoms. The van der Waals surface area contributed by atoms with Crippen LogP contribution in [0.25, 0.3) is 0 Å². The summed E-state index contributed by atoms with van der Waals surface area (Å²) < 4.78 is 45.8. The van der Waals surface area contributed by atoms with Crippen LogP contribution in [0.3, 0.4) is 0 Å². The third kappa shape index (κ3) is 3.84. The summed E-state index contributed by atoms with van der Waals surface area (Å²) in [6.45, 7) is 4.33. The van der Waals surface area contributed by atoms with Crippen molar-refractivity contribution in [1.82, 2.24) is 9.62 Å². The van der Waals surface area contributed by atoms with Gasteiger partial charge >= 0.3 is 0 Å². The van der Waals surface area contributed by atoms with E-state index in [2.05, 4.69) is 10.6 Å². The Bertz CT molecular complexity index is 746. The maximum absolute atomic E-state index is 14.2. The Hall–Kier alpha value is -1.55. The molecule has 2 fully saturated rings. The lowest BCUT2D eigenvalue weighted by Gasteiger charge is -2.31. The van der Waals surface area contributed by atoms with Gasteiger partial charge in [-0.15, -0.1) is 0 Å². The number of rotatable bonds is 5. The molecule has 0 aliphatic carbocycles. The molecule has 0 aromatic heterocycles. The van der Waals surface area contributed by atoms with Crippen LogP contribution >= 0.6 is 0 Å². The molecule has 7 nitrogen and oxygen atoms in total. The molecule has 2 saturated heterocycles. The van der Waals surface area contributed by atoms with Crippen LogP contribution in [0, 0.1) is 17.7 Å². The molecular formula is C16H22FN3O4S. The van der Waals surface area contributed by atoms with Gasteiger partial charge in [0.1, 0.15) is 10.7 Å². The average molecular weight is 371 g/mol. The predicted molar refractivity (Wildman–Crippen MR) is 90.1 cm³/mol. The third-order valence-corrected chi connectivity index (χ3v) is 6.63. The molecule has 1 unspecified atom stereocenters. The number of carbonyl (C=O) groups is 1. The van der Waals surface area contributed by atoms with Crippen LogP contribution in [0.2, 0.25) is 0 Å². The molecule has 0 bridgehead atoms. The van der Waals surface area contributed by atoms with Gasteiger partial charge in [0.2, 0.25) is 15.9 Å². The molecule has 0 spiro atoms. The van der Waals surface area contributed by atoms with Crippen LogP contribution in [0.1, 0.15) is 6.92 Å². The normalized spacial score (nSPS) is 20.7. The number of benzene rings is 1. The molecule has 2 aliphatic heterocycles. The van der Waals surface area contributed by atoms with Crippen molar-refractivity contribution in [2.75, 3.05) is 44.7 Å². The molecule has 3 rings (SSSR count). The molecule has 25 heavy (non-hydrogen) atoms. The number of halogens is 1. The zero-order valence-corrected chi connectivity index (χ0v) is 14.8. The molecule has 1 atom stereocenters. The van der Waals surface area contributed by atoms with Gasteiger partial charge in [-0.05, 0) is 37.2 Å². The largest absolute Gasteiger partial charge is 0.379 e. The SMILES string of the molecule is CC(C(=O)Nc1ccc(F)c(S(=O)(=O)N2CCOCC2)c1)C1CNC1. The fraction of sp³-hybridized carbons (Fsp3) is 0.562. The summed E-state index contributed by atoms with van der Waals surface area (Å²) in [6.07, 6.45) is 0. The lowest BCUT2D eigenvalue weighted by molar-refractivity contribution is -0.121. The Balaban J connectivity index is 1.79. The lowest BCUT2D eigenvalue weighted by Crippen LogP contribution is -2.48. The first-order chi connectivity index (χ1) is 11.9. The quantitative estimate of drug-likeness (QED) is 0.793. The summed E-state index contributed by atoms with van der Waals surface area (Å²) in [7, 11) is -3.96. The Kier molecular flexibility index (Phi) is 5.38. The van der Waals surface area contributed by atoms with Crippen molar-refractivity contribution in [2.24, 2.45) is 11.8 Å². The molecule has 1 aromatic carbocycles. The van der Waals surface area contributed by atoms with Crippen molar-refractivity contribution in [2.45, 2.75) is 11.8 Å². The summed E-state index contributed by atoms with van der Waals surface area (Å²) in [6, 6.07) is 3.62. The van der Waals surface area contributed by atoms with Crippen LogP contribution < -0.4 is 10.6 Å². The number of morpholine rings is 1. The Morgan fingerprint density at radius 2 is 2.04 bits per heavy atom. The Morgan fingerprint density at radius 1 is 1.36 bits per heavy atom. The summed E-state index contributed by atoms with van der Waals surface area (Å²) in [5.74, 6) is -0.976. The van der Waals surface area contributed by atoms with E-state index >= 15 is 0 Å². The topological polar surface area (TPSA) is 87.7 Å². The summed E-state index contributed by atoms with van der Waals surface area (Å²) in [5.41, 5.74) is 0.275. The second-order valence-corrected chi connectivity index (χ2v) is 8.26. The van der Waals surface area contributed by atoms with E-state index < -0.39 is 20.7 Å². The van der Waals surface area contributed by atoms with Gasteiger partial charge in [-0.3, -0.25) is 4.79 Å². The number of nitrogens with one attached hydrogen (secondary N) is 2. The molecular weight excluding hydrogens is 349 g/mol. The molecule has 1 aromatic rings. The molecule has 2 aliphatic rings. The van der Waals surface area contributed by atoms with Gasteiger partial charge in [0, 0.05) is 24.7 Å². The van der Waals surface area contributed by atoms with Gasteiger partial charge in [-0.1, -0.05) is 6.92 Å². The van der Waals surface area contributed by atoms with Crippen LogP contribution in [-0.2, 0) is 19.6 Å². The second-order valence-electron chi connectivity index (χ2n) is 6.36. The average Bonchev–Trinajstić information content (AvgIpc) is 2.55. The first-order valence-electron chi connectivity index (χ1n) is 8.28. The minimum Gasteiger partial charge on any atom is -0.379 e. The number of hydrogen-bond donors (Lipinski definition) is 2. The second kappa shape index (κ2) is 7.36. The molecule has 2 heterocycles. The number of carbonyl (C=O) groups excluding carboxylic acids is 1. The fourth-order valence-corrected chi connectivity index (χ4v) is 4.34. The molecule has 1 amide bonds. The highest BCUT2D eigenvalue weighted by atomic mass is 32.2. The minimum absolute atomic E-state index is 0.185. The van der Waals surface area contributed by atoms with Gasteiger partial charge in [0.05, 0.1) is 13.2 Å². The first kappa shape index (κ1) is 18.2. The van der Waals surface area contributed by atoms with Crippen molar-refractivity contribution in [3.63, 3.8) is 0 Å². The highest BCUT2D eigenvalue weighted by molar-refractivity contribution is 7.89. The van der Waals surface area contributed by atoms with E-state index in [-0.39, 0.29) is 49.7 Å². The molecule has 0 saturated carbocycles. The lowest BCUT2D eigenvalue weighted by atomic mass is 9.88. The zero-order chi connectivity index (χ0) is 18.0. The van der Waals surface area contributed by atoms with Gasteiger partial charge in [0.25, 0.3) is 0 Å². The standard InChI is InChI=1S/C16H22FN3O4S/c1-11(12-9-18-10-12)16(21)19-13-2-3-14(17)15(8-13)25(22,23)20-4-6-24-7-5-20/h2-3,8,11-12,18H,4-7,9-10H2,1H3,(H,19,21). The number of sulfonamides is 1. The fourth-order valence-electron chi connectivity index (χ4n) is 2.84. The highest BCUT2D eigenvalue weighted by Gasteiger charge is 2.31. The van der Waals surface area contributed by atoms with Crippen LogP contribution in [0.5, 0.6) is 0 Å². The number of amides is 1. The van der Waals surface area contributed by atoms with E-state index in [4.69, 9.17) is 4.74 Å². The highest BCUT2D eigenvalue weighted by Crippen LogP contribution is 2.25. The predicted octanol–water partition coefficient (Wildman–Crippen LogP) is 0.641. The zero-order valence-electron chi connectivity index (χ0n) is 14.0. The number of ether oxygens (including phenoxy) is 1. The van der Waals surface area contributed by atoms with Gasteiger partial charge in [0.15, 0.2) is 0 Å². The van der Waals surface area contributed by atoms with Gasteiger partial charge < -0.3 is 15.4 Å². The van der Waals surface area contributed by atoms with Crippen LogP contribution in [0.15, 0.2) is 23.1 Å². The van der Waals surface area contributed by atoms with Crippen molar-refractivity contribution in [1.29, 1.82) is 0 Å². The molecule has 2 N–H and O–H groups in total. The summed E-state index contributed by atoms with van der Waals surface area (Å²) in [4.78, 5) is 11.9. The van der Waals surface area contributed by atoms with Gasteiger partial charge in [-0.25, -0.2) is 12.8 Å². The number of anilines is 1. The summed E-state index contributed by atoms with van der Waals surface area (Å²) >= 11 is 0. The van der Waals surface area contributed by atoms with Crippen molar-refractivity contribution in [3.05, 3.63) is 24.0 Å². The summed E-state index contributed by atoms with van der Waals surface area (Å²) in [5, 5.41) is 5.80. The maximum atomic E-state index is 14.2. The van der Waals surface area contributed by atoms with E-state index in [0.29, 0.717) is 0 Å².